The first-order valence-electron chi connectivity index (χ1n) is 14.7. The quantitative estimate of drug-likeness (QED) is 0.471. The van der Waals surface area contributed by atoms with Gasteiger partial charge in [0.05, 0.1) is 31.2 Å². The maximum atomic E-state index is 13.9. The molecule has 0 radical (unpaired) electrons. The SMILES string of the molecule is NC=C1C[C@]2(C(=O)OCC3CCC3)CN(S(=O)(=O)c3ccc(N4CCOCC4)nc3)CCC2=CC1=Nc1ccc(F)cc1. The summed E-state index contributed by atoms with van der Waals surface area (Å²) in [5.74, 6) is 0.205. The summed E-state index contributed by atoms with van der Waals surface area (Å²) in [6, 6.07) is 9.07. The van der Waals surface area contributed by atoms with Gasteiger partial charge in [-0.15, -0.1) is 0 Å². The summed E-state index contributed by atoms with van der Waals surface area (Å²) >= 11 is 0. The fourth-order valence-electron chi connectivity index (χ4n) is 6.04. The third-order valence-corrected chi connectivity index (χ3v) is 10.7. The number of fused-ring (bicyclic) bond motifs is 1. The largest absolute Gasteiger partial charge is 0.465 e. The lowest BCUT2D eigenvalue weighted by Crippen LogP contribution is -2.53. The smallest absolute Gasteiger partial charge is 0.317 e. The highest BCUT2D eigenvalue weighted by atomic mass is 32.2. The first-order valence-corrected chi connectivity index (χ1v) is 16.1. The van der Waals surface area contributed by atoms with Gasteiger partial charge in [-0.25, -0.2) is 22.8 Å². The number of aliphatic imine (C=N–C) groups is 1. The summed E-state index contributed by atoms with van der Waals surface area (Å²) in [6.45, 7) is 2.98. The van der Waals surface area contributed by atoms with Crippen molar-refractivity contribution in [2.24, 2.45) is 22.1 Å². The van der Waals surface area contributed by atoms with Crippen LogP contribution in [0.25, 0.3) is 0 Å². The molecule has 0 bridgehead atoms. The van der Waals surface area contributed by atoms with Gasteiger partial charge in [-0.1, -0.05) is 6.42 Å². The molecular formula is C31H36FN5O5S. The molecule has 2 aromatic rings. The summed E-state index contributed by atoms with van der Waals surface area (Å²) < 4.78 is 53.9. The summed E-state index contributed by atoms with van der Waals surface area (Å²) in [4.78, 5) is 25.2. The number of anilines is 1. The Morgan fingerprint density at radius 2 is 1.93 bits per heavy atom. The van der Waals surface area contributed by atoms with Crippen molar-refractivity contribution in [2.45, 2.75) is 37.0 Å². The van der Waals surface area contributed by atoms with Crippen LogP contribution in [0, 0.1) is 17.2 Å². The first kappa shape index (κ1) is 29.5. The number of sulfonamides is 1. The Morgan fingerprint density at radius 3 is 2.58 bits per heavy atom. The van der Waals surface area contributed by atoms with Crippen molar-refractivity contribution in [1.29, 1.82) is 0 Å². The number of hydrogen-bond acceptors (Lipinski definition) is 9. The third kappa shape index (κ3) is 5.96. The number of carbonyl (C=O) groups is 1. The maximum absolute atomic E-state index is 13.9. The Kier molecular flexibility index (Phi) is 8.34. The van der Waals surface area contributed by atoms with Gasteiger partial charge in [-0.3, -0.25) is 4.79 Å². The van der Waals surface area contributed by atoms with E-state index in [0.29, 0.717) is 68.0 Å². The fraction of sp³-hybridized carbons (Fsp3) is 0.452. The van der Waals surface area contributed by atoms with Crippen molar-refractivity contribution >= 4 is 33.2 Å². The molecular weight excluding hydrogens is 573 g/mol. The average Bonchev–Trinajstić information content (AvgIpc) is 3.01. The Balaban J connectivity index is 1.31. The van der Waals surface area contributed by atoms with Crippen LogP contribution in [0.4, 0.5) is 15.9 Å². The van der Waals surface area contributed by atoms with Crippen molar-refractivity contribution < 1.29 is 27.1 Å². The van der Waals surface area contributed by atoms with Crippen LogP contribution in [0.2, 0.25) is 0 Å². The van der Waals surface area contributed by atoms with Crippen molar-refractivity contribution in [1.82, 2.24) is 9.29 Å². The fourth-order valence-corrected chi connectivity index (χ4v) is 7.49. The lowest BCUT2D eigenvalue weighted by atomic mass is 9.67. The molecule has 228 valence electrons. The van der Waals surface area contributed by atoms with Crippen LogP contribution in [0.5, 0.6) is 0 Å². The number of ether oxygens (including phenoxy) is 2. The second-order valence-electron chi connectivity index (χ2n) is 11.5. The van der Waals surface area contributed by atoms with E-state index < -0.39 is 21.4 Å². The molecule has 10 nitrogen and oxygen atoms in total. The van der Waals surface area contributed by atoms with Crippen molar-refractivity contribution in [2.75, 3.05) is 50.9 Å². The van der Waals surface area contributed by atoms with Crippen molar-refractivity contribution in [3.8, 4) is 0 Å². The van der Waals surface area contributed by atoms with Crippen molar-refractivity contribution in [3.05, 3.63) is 71.8 Å². The molecule has 2 aliphatic carbocycles. The summed E-state index contributed by atoms with van der Waals surface area (Å²) in [5, 5.41) is 0. The summed E-state index contributed by atoms with van der Waals surface area (Å²) in [5.41, 5.74) is 7.25. The lowest BCUT2D eigenvalue weighted by molar-refractivity contribution is -0.157. The number of hydrogen-bond donors (Lipinski definition) is 1. The number of halogens is 1. The van der Waals surface area contributed by atoms with Gasteiger partial charge in [-0.2, -0.15) is 4.31 Å². The van der Waals surface area contributed by atoms with E-state index in [-0.39, 0.29) is 30.2 Å². The van der Waals surface area contributed by atoms with Crippen molar-refractivity contribution in [3.63, 3.8) is 0 Å². The standard InChI is InChI=1S/C31H36FN5O5S/c32-25-4-6-26(7-5-25)35-28-16-24-10-11-37(21-31(24,17-23(28)18-33)30(38)42-20-22-2-1-3-22)43(39,40)27-8-9-29(34-19-27)36-12-14-41-15-13-36/h4-9,16,18-19,22H,1-3,10-15,17,20-21,33H2/t31-/m0/s1. The topological polar surface area (TPSA) is 127 Å². The van der Waals surface area contributed by atoms with Gasteiger partial charge >= 0.3 is 5.97 Å². The molecule has 1 saturated carbocycles. The number of allylic oxidation sites excluding steroid dienone is 2. The highest BCUT2D eigenvalue weighted by molar-refractivity contribution is 7.89. The van der Waals surface area contributed by atoms with Crippen LogP contribution < -0.4 is 10.6 Å². The predicted molar refractivity (Wildman–Crippen MR) is 160 cm³/mol. The number of esters is 1. The number of benzene rings is 1. The molecule has 3 heterocycles. The molecule has 1 atom stereocenters. The number of pyridine rings is 1. The number of piperidine rings is 1. The highest BCUT2D eigenvalue weighted by Gasteiger charge is 2.52. The maximum Gasteiger partial charge on any atom is 0.317 e. The summed E-state index contributed by atoms with van der Waals surface area (Å²) in [6.07, 6.45) is 8.20. The van der Waals surface area contributed by atoms with E-state index in [1.807, 2.05) is 6.08 Å². The zero-order valence-electron chi connectivity index (χ0n) is 24.0. The Labute approximate surface area is 251 Å². The minimum atomic E-state index is -3.97. The monoisotopic (exact) mass is 609 g/mol. The van der Waals surface area contributed by atoms with E-state index in [1.165, 1.54) is 28.8 Å². The van der Waals surface area contributed by atoms with Gasteiger partial charge in [0.15, 0.2) is 0 Å². The molecule has 3 fully saturated rings. The Hall–Kier alpha value is -3.61. The number of nitrogens with zero attached hydrogens (tertiary/aromatic N) is 4. The third-order valence-electron chi connectivity index (χ3n) is 8.86. The molecule has 0 spiro atoms. The van der Waals surface area contributed by atoms with Crippen LogP contribution in [0.15, 0.2) is 75.9 Å². The molecule has 6 rings (SSSR count). The van der Waals surface area contributed by atoms with E-state index in [4.69, 9.17) is 15.2 Å². The average molecular weight is 610 g/mol. The van der Waals surface area contributed by atoms with Crippen LogP contribution >= 0.6 is 0 Å². The minimum absolute atomic E-state index is 0.0684. The molecule has 4 aliphatic rings. The molecule has 1 aromatic heterocycles. The van der Waals surface area contributed by atoms with Gasteiger partial charge in [-0.05, 0) is 91.4 Å². The first-order chi connectivity index (χ1) is 20.8. The van der Waals surface area contributed by atoms with Crippen LogP contribution in [-0.4, -0.2) is 75.4 Å². The van der Waals surface area contributed by atoms with E-state index in [0.717, 1.165) is 24.8 Å². The van der Waals surface area contributed by atoms with E-state index in [1.54, 1.807) is 24.3 Å². The number of nitrogens with two attached hydrogens (primary N) is 1. The van der Waals surface area contributed by atoms with Gasteiger partial charge in [0.2, 0.25) is 10.0 Å². The zero-order chi connectivity index (χ0) is 30.0. The second kappa shape index (κ2) is 12.2. The van der Waals surface area contributed by atoms with Crippen LogP contribution in [-0.2, 0) is 24.3 Å². The molecule has 2 N–H and O–H groups in total. The highest BCUT2D eigenvalue weighted by Crippen LogP contribution is 2.47. The van der Waals surface area contributed by atoms with E-state index in [2.05, 4.69) is 14.9 Å². The molecule has 43 heavy (non-hydrogen) atoms. The van der Waals surface area contributed by atoms with Gasteiger partial charge in [0, 0.05) is 32.4 Å². The molecule has 12 heteroatoms. The molecule has 0 unspecified atom stereocenters. The zero-order valence-corrected chi connectivity index (χ0v) is 24.8. The van der Waals surface area contributed by atoms with E-state index >= 15 is 0 Å². The molecule has 1 aromatic carbocycles. The van der Waals surface area contributed by atoms with Gasteiger partial charge < -0.3 is 20.1 Å². The van der Waals surface area contributed by atoms with Gasteiger partial charge in [0.25, 0.3) is 0 Å². The van der Waals surface area contributed by atoms with Crippen LogP contribution in [0.3, 0.4) is 0 Å². The number of rotatable bonds is 7. The number of morpholine rings is 1. The van der Waals surface area contributed by atoms with Crippen LogP contribution in [0.1, 0.15) is 32.1 Å². The second-order valence-corrected chi connectivity index (χ2v) is 13.5. The predicted octanol–water partition coefficient (Wildman–Crippen LogP) is 3.73. The summed E-state index contributed by atoms with van der Waals surface area (Å²) in [7, 11) is -3.97. The van der Waals surface area contributed by atoms with Gasteiger partial charge in [0.1, 0.15) is 21.9 Å². The number of carbonyl (C=O) groups excluding carboxylic acids is 1. The Morgan fingerprint density at radius 1 is 1.16 bits per heavy atom. The van der Waals surface area contributed by atoms with E-state index in [9.17, 15) is 17.6 Å². The lowest BCUT2D eigenvalue weighted by Gasteiger charge is -2.45. The molecule has 2 saturated heterocycles. The molecule has 0 amide bonds. The normalized spacial score (nSPS) is 25.2. The number of aromatic nitrogens is 1. The minimum Gasteiger partial charge on any atom is -0.465 e. The Bertz CT molecular complexity index is 1550. The molecule has 2 aliphatic heterocycles.